The van der Waals surface area contributed by atoms with E-state index in [1.54, 1.807) is 6.07 Å². The van der Waals surface area contributed by atoms with Crippen LogP contribution in [0.25, 0.3) is 0 Å². The van der Waals surface area contributed by atoms with Gasteiger partial charge in [0.15, 0.2) is 0 Å². The molecule has 3 N–H and O–H groups in total. The molecule has 3 nitrogen and oxygen atoms in total. The summed E-state index contributed by atoms with van der Waals surface area (Å²) in [4.78, 5) is 0. The molecule has 0 saturated carbocycles. The molecule has 1 rings (SSSR count). The zero-order chi connectivity index (χ0) is 14.3. The first-order chi connectivity index (χ1) is 9.08. The largest absolute Gasteiger partial charge is 0.508 e. The van der Waals surface area contributed by atoms with Crippen LogP contribution in [0.5, 0.6) is 5.75 Å². The first-order valence-corrected chi connectivity index (χ1v) is 7.13. The number of aliphatic hydroxyl groups is 2. The Morgan fingerprint density at radius 1 is 0.895 bits per heavy atom. The third-order valence-electron chi connectivity index (χ3n) is 3.47. The molecular formula is C16H26O3. The molecule has 1 aromatic rings. The Bertz CT molecular complexity index is 386. The molecule has 0 saturated heterocycles. The minimum Gasteiger partial charge on any atom is -0.508 e. The van der Waals surface area contributed by atoms with E-state index in [1.807, 2.05) is 6.07 Å². The molecule has 0 unspecified atom stereocenters. The number of phenols is 1. The average Bonchev–Trinajstić information content (AvgIpc) is 2.38. The van der Waals surface area contributed by atoms with Crippen molar-refractivity contribution in [3.63, 3.8) is 0 Å². The summed E-state index contributed by atoms with van der Waals surface area (Å²) >= 11 is 0. The predicted molar refractivity (Wildman–Crippen MR) is 77.0 cm³/mol. The molecule has 3 heteroatoms. The molecule has 0 atom stereocenters. The van der Waals surface area contributed by atoms with Gasteiger partial charge in [-0.25, -0.2) is 0 Å². The maximum atomic E-state index is 9.65. The lowest BCUT2D eigenvalue weighted by Gasteiger charge is -2.11. The summed E-state index contributed by atoms with van der Waals surface area (Å²) in [6.07, 6.45) is 5.64. The molecule has 1 aromatic carbocycles. The number of aryl methyl sites for hydroxylation is 1. The van der Waals surface area contributed by atoms with E-state index in [9.17, 15) is 10.2 Å². The highest BCUT2D eigenvalue weighted by Crippen LogP contribution is 2.24. The number of rotatable bonds is 8. The first-order valence-electron chi connectivity index (χ1n) is 7.13. The van der Waals surface area contributed by atoms with Crippen molar-refractivity contribution in [1.82, 2.24) is 0 Å². The number of aromatic hydroxyl groups is 1. The molecule has 0 radical (unpaired) electrons. The fourth-order valence-corrected chi connectivity index (χ4v) is 2.28. The van der Waals surface area contributed by atoms with E-state index >= 15 is 0 Å². The highest BCUT2D eigenvalue weighted by atomic mass is 16.3. The summed E-state index contributed by atoms with van der Waals surface area (Å²) in [6, 6.07) is 3.37. The molecule has 0 heterocycles. The fourth-order valence-electron chi connectivity index (χ4n) is 2.28. The van der Waals surface area contributed by atoms with Gasteiger partial charge in [0.25, 0.3) is 0 Å². The Morgan fingerprint density at radius 2 is 1.58 bits per heavy atom. The van der Waals surface area contributed by atoms with Gasteiger partial charge in [0.2, 0.25) is 0 Å². The zero-order valence-electron chi connectivity index (χ0n) is 12.0. The van der Waals surface area contributed by atoms with Gasteiger partial charge in [-0.1, -0.05) is 33.1 Å². The van der Waals surface area contributed by atoms with Crippen LogP contribution in [0.1, 0.15) is 56.2 Å². The number of hydrogen-bond acceptors (Lipinski definition) is 3. The maximum Gasteiger partial charge on any atom is 0.121 e. The summed E-state index contributed by atoms with van der Waals surface area (Å²) in [7, 11) is 0. The zero-order valence-corrected chi connectivity index (χ0v) is 12.0. The first kappa shape index (κ1) is 16.0. The summed E-state index contributed by atoms with van der Waals surface area (Å²) < 4.78 is 0. The highest BCUT2D eigenvalue weighted by molar-refractivity contribution is 5.41. The second-order valence-electron chi connectivity index (χ2n) is 5.56. The van der Waals surface area contributed by atoms with Crippen molar-refractivity contribution in [2.24, 2.45) is 5.92 Å². The Hall–Kier alpha value is -1.06. The third kappa shape index (κ3) is 5.21. The second-order valence-corrected chi connectivity index (χ2v) is 5.56. The highest BCUT2D eigenvalue weighted by Gasteiger charge is 2.08. The van der Waals surface area contributed by atoms with E-state index in [0.29, 0.717) is 5.56 Å². The molecule has 0 bridgehead atoms. The van der Waals surface area contributed by atoms with Gasteiger partial charge in [0, 0.05) is 5.56 Å². The summed E-state index contributed by atoms with van der Waals surface area (Å²) in [6.45, 7) is 4.23. The van der Waals surface area contributed by atoms with E-state index in [2.05, 4.69) is 13.8 Å². The lowest BCUT2D eigenvalue weighted by atomic mass is 9.97. The van der Waals surface area contributed by atoms with E-state index in [4.69, 9.17) is 5.11 Å². The normalized spacial score (nSPS) is 11.2. The predicted octanol–water partition coefficient (Wildman–Crippen LogP) is 3.14. The van der Waals surface area contributed by atoms with Crippen LogP contribution in [0.15, 0.2) is 12.1 Å². The standard InChI is InChI=1S/C16H26O3/c1-12(2)6-4-3-5-7-13-8-15(11-18)16(19)9-14(13)10-17/h8-9,12,17-19H,3-7,10-11H2,1-2H3. The molecule has 0 fully saturated rings. The Kier molecular flexibility index (Phi) is 6.89. The Labute approximate surface area is 115 Å². The minimum absolute atomic E-state index is 0.0649. The van der Waals surface area contributed by atoms with Crippen molar-refractivity contribution in [3.8, 4) is 5.75 Å². The van der Waals surface area contributed by atoms with Crippen molar-refractivity contribution in [2.75, 3.05) is 0 Å². The number of aliphatic hydroxyl groups excluding tert-OH is 2. The van der Waals surface area contributed by atoms with Crippen LogP contribution in [-0.2, 0) is 19.6 Å². The van der Waals surface area contributed by atoms with E-state index in [0.717, 1.165) is 29.9 Å². The SMILES string of the molecule is CC(C)CCCCCc1cc(CO)c(O)cc1CO. The van der Waals surface area contributed by atoms with Crippen LogP contribution in [-0.4, -0.2) is 15.3 Å². The molecule has 0 amide bonds. The van der Waals surface area contributed by atoms with Gasteiger partial charge in [0.05, 0.1) is 13.2 Å². The number of benzene rings is 1. The van der Waals surface area contributed by atoms with E-state index in [-0.39, 0.29) is 19.0 Å². The third-order valence-corrected chi connectivity index (χ3v) is 3.47. The number of hydrogen-bond donors (Lipinski definition) is 3. The van der Waals surface area contributed by atoms with Gasteiger partial charge in [-0.05, 0) is 42.0 Å². The van der Waals surface area contributed by atoms with Gasteiger partial charge in [-0.2, -0.15) is 0 Å². The maximum absolute atomic E-state index is 9.65. The summed E-state index contributed by atoms with van der Waals surface area (Å²) in [5.74, 6) is 0.817. The van der Waals surface area contributed by atoms with Crippen molar-refractivity contribution < 1.29 is 15.3 Å². The van der Waals surface area contributed by atoms with Crippen LogP contribution < -0.4 is 0 Å². The molecule has 108 valence electrons. The van der Waals surface area contributed by atoms with Crippen molar-refractivity contribution in [2.45, 2.75) is 59.2 Å². The molecule has 0 aliphatic rings. The van der Waals surface area contributed by atoms with Crippen LogP contribution in [0.4, 0.5) is 0 Å². The van der Waals surface area contributed by atoms with Gasteiger partial charge >= 0.3 is 0 Å². The van der Waals surface area contributed by atoms with Crippen LogP contribution in [0, 0.1) is 5.92 Å². The Morgan fingerprint density at radius 3 is 2.16 bits per heavy atom. The van der Waals surface area contributed by atoms with E-state index in [1.165, 1.54) is 19.3 Å². The van der Waals surface area contributed by atoms with Crippen LogP contribution in [0.3, 0.4) is 0 Å². The summed E-state index contributed by atoms with van der Waals surface area (Å²) in [5.41, 5.74) is 2.34. The van der Waals surface area contributed by atoms with E-state index < -0.39 is 0 Å². The fraction of sp³-hybridized carbons (Fsp3) is 0.625. The molecular weight excluding hydrogens is 240 g/mol. The van der Waals surface area contributed by atoms with Crippen molar-refractivity contribution in [3.05, 3.63) is 28.8 Å². The van der Waals surface area contributed by atoms with Crippen LogP contribution in [0.2, 0.25) is 0 Å². The summed E-state index contributed by atoms with van der Waals surface area (Å²) in [5, 5.41) is 28.1. The monoisotopic (exact) mass is 266 g/mol. The topological polar surface area (TPSA) is 60.7 Å². The molecule has 0 aromatic heterocycles. The molecule has 0 aliphatic carbocycles. The molecule has 0 aliphatic heterocycles. The van der Waals surface area contributed by atoms with Crippen molar-refractivity contribution in [1.29, 1.82) is 0 Å². The van der Waals surface area contributed by atoms with Crippen molar-refractivity contribution >= 4 is 0 Å². The second kappa shape index (κ2) is 8.18. The lowest BCUT2D eigenvalue weighted by molar-refractivity contribution is 0.271. The average molecular weight is 266 g/mol. The van der Waals surface area contributed by atoms with Gasteiger partial charge in [0.1, 0.15) is 5.75 Å². The number of unbranched alkanes of at least 4 members (excludes halogenated alkanes) is 2. The van der Waals surface area contributed by atoms with Gasteiger partial charge in [-0.3, -0.25) is 0 Å². The smallest absolute Gasteiger partial charge is 0.121 e. The lowest BCUT2D eigenvalue weighted by Crippen LogP contribution is -1.98. The van der Waals surface area contributed by atoms with Gasteiger partial charge < -0.3 is 15.3 Å². The van der Waals surface area contributed by atoms with Crippen LogP contribution >= 0.6 is 0 Å². The quantitative estimate of drug-likeness (QED) is 0.633. The molecule has 0 spiro atoms. The molecule has 19 heavy (non-hydrogen) atoms. The minimum atomic E-state index is -0.169. The van der Waals surface area contributed by atoms with Gasteiger partial charge in [-0.15, -0.1) is 0 Å². The Balaban J connectivity index is 2.56.